The zero-order valence-electron chi connectivity index (χ0n) is 15.0. The van der Waals surface area contributed by atoms with E-state index in [-0.39, 0.29) is 0 Å². The van der Waals surface area contributed by atoms with Crippen LogP contribution in [0.4, 0.5) is 5.69 Å². The van der Waals surface area contributed by atoms with E-state index in [1.807, 2.05) is 26.8 Å². The second kappa shape index (κ2) is 7.32. The van der Waals surface area contributed by atoms with Crippen LogP contribution in [0, 0.1) is 0 Å². The lowest BCUT2D eigenvalue weighted by molar-refractivity contribution is 0.152. The minimum atomic E-state index is 0.526. The molecule has 2 aliphatic rings. The van der Waals surface area contributed by atoms with E-state index in [1.54, 1.807) is 0 Å². The van der Waals surface area contributed by atoms with Crippen molar-refractivity contribution in [2.75, 3.05) is 31.5 Å². The number of aliphatic imine (C=N–C) groups is 1. The molecule has 1 aromatic rings. The number of allylic oxidation sites excluding steroid dienone is 2. The number of piperazine rings is 1. The van der Waals surface area contributed by atoms with Crippen molar-refractivity contribution in [3.8, 4) is 0 Å². The molecule has 0 aromatic heterocycles. The molecule has 0 radical (unpaired) electrons. The van der Waals surface area contributed by atoms with Crippen molar-refractivity contribution in [3.63, 3.8) is 0 Å². The Bertz CT molecular complexity index is 683. The van der Waals surface area contributed by atoms with Crippen LogP contribution in [0.5, 0.6) is 0 Å². The third kappa shape index (κ3) is 3.94. The van der Waals surface area contributed by atoms with Crippen LogP contribution >= 0.6 is 0 Å². The third-order valence-corrected chi connectivity index (χ3v) is 4.52. The first-order valence-electron chi connectivity index (χ1n) is 8.76. The molecule has 1 unspecified atom stereocenters. The van der Waals surface area contributed by atoms with Crippen LogP contribution in [0.15, 0.2) is 47.2 Å². The van der Waals surface area contributed by atoms with Crippen molar-refractivity contribution in [1.29, 1.82) is 0 Å². The lowest BCUT2D eigenvalue weighted by atomic mass is 9.91. The molecule has 3 rings (SSSR count). The van der Waals surface area contributed by atoms with Gasteiger partial charge in [0, 0.05) is 43.6 Å². The second-order valence-corrected chi connectivity index (χ2v) is 6.98. The summed E-state index contributed by atoms with van der Waals surface area (Å²) in [6.07, 6.45) is 3.11. The van der Waals surface area contributed by atoms with E-state index in [2.05, 4.69) is 45.3 Å². The van der Waals surface area contributed by atoms with E-state index in [0.717, 1.165) is 55.4 Å². The molecule has 1 fully saturated rings. The fraction of sp³-hybridized carbons (Fsp3) is 0.450. The zero-order chi connectivity index (χ0) is 17.1. The van der Waals surface area contributed by atoms with Crippen molar-refractivity contribution < 1.29 is 0 Å². The quantitative estimate of drug-likeness (QED) is 0.658. The molecule has 0 spiro atoms. The van der Waals surface area contributed by atoms with E-state index in [9.17, 15) is 0 Å². The highest BCUT2D eigenvalue weighted by molar-refractivity contribution is 5.80. The van der Waals surface area contributed by atoms with Crippen molar-refractivity contribution in [1.82, 2.24) is 10.2 Å². The molecule has 2 N–H and O–H groups in total. The van der Waals surface area contributed by atoms with Crippen LogP contribution in [0.1, 0.15) is 37.9 Å². The number of nitrogens with one attached hydrogen (secondary N) is 2. The monoisotopic (exact) mass is 324 g/mol. The number of hydrogen-bond acceptors (Lipinski definition) is 4. The molecular weight excluding hydrogens is 296 g/mol. The Morgan fingerprint density at radius 2 is 2.17 bits per heavy atom. The maximum atomic E-state index is 4.58. The maximum Gasteiger partial charge on any atom is 0.130 e. The summed E-state index contributed by atoms with van der Waals surface area (Å²) in [4.78, 5) is 7.18. The third-order valence-electron chi connectivity index (χ3n) is 4.52. The molecule has 4 nitrogen and oxygen atoms in total. The van der Waals surface area contributed by atoms with Crippen LogP contribution in [0.2, 0.25) is 0 Å². The molecule has 2 aliphatic heterocycles. The average Bonchev–Trinajstić information content (AvgIpc) is 2.53. The predicted octanol–water partition coefficient (Wildman–Crippen LogP) is 3.50. The van der Waals surface area contributed by atoms with Gasteiger partial charge in [0.1, 0.15) is 5.82 Å². The van der Waals surface area contributed by atoms with Crippen molar-refractivity contribution in [2.45, 2.75) is 33.2 Å². The minimum absolute atomic E-state index is 0.526. The lowest BCUT2D eigenvalue weighted by Crippen LogP contribution is -2.48. The molecule has 1 atom stereocenters. The van der Waals surface area contributed by atoms with Crippen molar-refractivity contribution in [2.24, 2.45) is 4.99 Å². The number of hydrogen-bond donors (Lipinski definition) is 2. The Labute approximate surface area is 145 Å². The first-order valence-corrected chi connectivity index (χ1v) is 8.76. The van der Waals surface area contributed by atoms with Gasteiger partial charge in [0.05, 0.1) is 0 Å². The van der Waals surface area contributed by atoms with Crippen LogP contribution < -0.4 is 10.6 Å². The van der Waals surface area contributed by atoms with Crippen molar-refractivity contribution >= 4 is 11.4 Å². The topological polar surface area (TPSA) is 39.7 Å². The van der Waals surface area contributed by atoms with E-state index >= 15 is 0 Å². The van der Waals surface area contributed by atoms with Gasteiger partial charge in [-0.05, 0) is 56.5 Å². The predicted molar refractivity (Wildman–Crippen MR) is 103 cm³/mol. The van der Waals surface area contributed by atoms with Crippen LogP contribution in [-0.4, -0.2) is 36.8 Å². The summed E-state index contributed by atoms with van der Waals surface area (Å²) in [5, 5.41) is 6.97. The fourth-order valence-corrected chi connectivity index (χ4v) is 3.53. The standard InChI is InChI=1S/C20H28N4/c1-14(2)11-20(22-15(3)4)23-17-5-6-18-16(12-17)7-9-24-10-8-21-13-19(18)24/h5-6,11-12,19,21,23H,1,7-10,13H2,2-4H3/b20-11+. The van der Waals surface area contributed by atoms with Crippen LogP contribution in [0.25, 0.3) is 0 Å². The van der Waals surface area contributed by atoms with E-state index < -0.39 is 0 Å². The Kier molecular flexibility index (Phi) is 5.17. The van der Waals surface area contributed by atoms with E-state index in [1.165, 1.54) is 11.1 Å². The highest BCUT2D eigenvalue weighted by Gasteiger charge is 2.29. The van der Waals surface area contributed by atoms with Gasteiger partial charge in [0.2, 0.25) is 0 Å². The molecule has 0 aliphatic carbocycles. The van der Waals surface area contributed by atoms with Gasteiger partial charge in [-0.1, -0.05) is 18.2 Å². The van der Waals surface area contributed by atoms with Gasteiger partial charge in [0.15, 0.2) is 0 Å². The zero-order valence-corrected chi connectivity index (χ0v) is 15.0. The van der Waals surface area contributed by atoms with Gasteiger partial charge < -0.3 is 10.6 Å². The smallest absolute Gasteiger partial charge is 0.130 e. The Morgan fingerprint density at radius 1 is 1.33 bits per heavy atom. The molecule has 1 aromatic carbocycles. The lowest BCUT2D eigenvalue weighted by Gasteiger charge is -2.41. The first-order chi connectivity index (χ1) is 11.5. The molecule has 24 heavy (non-hydrogen) atoms. The summed E-state index contributed by atoms with van der Waals surface area (Å²) in [5.74, 6) is 0.846. The summed E-state index contributed by atoms with van der Waals surface area (Å²) in [7, 11) is 0. The molecule has 0 amide bonds. The maximum absolute atomic E-state index is 4.58. The van der Waals surface area contributed by atoms with E-state index in [4.69, 9.17) is 0 Å². The summed E-state index contributed by atoms with van der Waals surface area (Å²) in [6.45, 7) is 14.4. The summed E-state index contributed by atoms with van der Waals surface area (Å²) in [6, 6.07) is 7.26. The SMILES string of the molecule is C=C(C)/C=C(\N=C(C)C)Nc1ccc2c(c1)CCN1CCNCC21. The van der Waals surface area contributed by atoms with Gasteiger partial charge in [-0.2, -0.15) is 0 Å². The Morgan fingerprint density at radius 3 is 2.92 bits per heavy atom. The molecule has 0 bridgehead atoms. The fourth-order valence-electron chi connectivity index (χ4n) is 3.53. The number of benzene rings is 1. The van der Waals surface area contributed by atoms with E-state index in [0.29, 0.717) is 6.04 Å². The number of fused-ring (bicyclic) bond motifs is 3. The Balaban J connectivity index is 1.83. The first kappa shape index (κ1) is 16.9. The van der Waals surface area contributed by atoms with Gasteiger partial charge in [-0.15, -0.1) is 0 Å². The average molecular weight is 324 g/mol. The summed E-state index contributed by atoms with van der Waals surface area (Å²) >= 11 is 0. The van der Waals surface area contributed by atoms with Gasteiger partial charge in [-0.3, -0.25) is 4.90 Å². The van der Waals surface area contributed by atoms with Gasteiger partial charge in [-0.25, -0.2) is 4.99 Å². The molecular formula is C20H28N4. The number of anilines is 1. The highest BCUT2D eigenvalue weighted by Crippen LogP contribution is 2.32. The minimum Gasteiger partial charge on any atom is -0.340 e. The molecule has 2 heterocycles. The Hall–Kier alpha value is -1.91. The normalized spacial score (nSPS) is 20.8. The summed E-state index contributed by atoms with van der Waals surface area (Å²) in [5.41, 5.74) is 6.04. The van der Waals surface area contributed by atoms with Crippen molar-refractivity contribution in [3.05, 3.63) is 53.4 Å². The molecule has 128 valence electrons. The van der Waals surface area contributed by atoms with Gasteiger partial charge in [0.25, 0.3) is 0 Å². The number of nitrogens with zero attached hydrogens (tertiary/aromatic N) is 2. The van der Waals surface area contributed by atoms with Crippen LogP contribution in [-0.2, 0) is 6.42 Å². The second-order valence-electron chi connectivity index (χ2n) is 6.98. The molecule has 1 saturated heterocycles. The largest absolute Gasteiger partial charge is 0.340 e. The highest BCUT2D eigenvalue weighted by atomic mass is 15.2. The molecule has 4 heteroatoms. The number of rotatable bonds is 4. The summed E-state index contributed by atoms with van der Waals surface area (Å²) < 4.78 is 0. The van der Waals surface area contributed by atoms with Gasteiger partial charge >= 0.3 is 0 Å². The van der Waals surface area contributed by atoms with Crippen LogP contribution in [0.3, 0.4) is 0 Å². The molecule has 0 saturated carbocycles.